The molecule has 0 radical (unpaired) electrons. The van der Waals surface area contributed by atoms with E-state index in [0.29, 0.717) is 44.9 Å². The van der Waals surface area contributed by atoms with Crippen molar-refractivity contribution >= 4 is 23.6 Å². The predicted molar refractivity (Wildman–Crippen MR) is 151 cm³/mol. The van der Waals surface area contributed by atoms with Crippen LogP contribution in [0.4, 0.5) is 0 Å². The Hall–Kier alpha value is -1.92. The van der Waals surface area contributed by atoms with Crippen molar-refractivity contribution in [2.45, 2.75) is 135 Å². The summed E-state index contributed by atoms with van der Waals surface area (Å²) in [6.07, 6.45) is 16.3. The van der Waals surface area contributed by atoms with Crippen LogP contribution in [0, 0.1) is 29.6 Å². The molecule has 2 saturated carbocycles. The first-order chi connectivity index (χ1) is 18.2. The number of hydrogen-bond acceptors (Lipinski definition) is 4. The van der Waals surface area contributed by atoms with E-state index in [4.69, 9.17) is 0 Å². The van der Waals surface area contributed by atoms with Gasteiger partial charge in [0.2, 0.25) is 11.8 Å². The summed E-state index contributed by atoms with van der Waals surface area (Å²) in [4.78, 5) is 50.6. The fourth-order valence-corrected chi connectivity index (χ4v) is 6.49. The van der Waals surface area contributed by atoms with Crippen LogP contribution in [-0.2, 0) is 19.2 Å². The Morgan fingerprint density at radius 3 is 1.68 bits per heavy atom. The van der Waals surface area contributed by atoms with Crippen molar-refractivity contribution < 1.29 is 24.3 Å². The molecule has 2 fully saturated rings. The number of Topliss-reactive ketones (excluding diaryl/α,β-unsaturated/α-hetero) is 1. The molecule has 0 heterocycles. The molecule has 0 aromatic rings. The monoisotopic (exact) mass is 534 g/mol. The van der Waals surface area contributed by atoms with Crippen molar-refractivity contribution in [3.8, 4) is 0 Å². The van der Waals surface area contributed by atoms with E-state index in [1.54, 1.807) is 14.0 Å². The van der Waals surface area contributed by atoms with Crippen molar-refractivity contribution in [2.75, 3.05) is 7.05 Å². The SMILES string of the molecule is CNC(=O)C1CCCC(C(=O)O)CC(C(=O)NC2CCCCCCC(C)CCCCC2)CCC(C(C)=O)C1. The molecule has 0 bridgehead atoms. The third-order valence-electron chi connectivity index (χ3n) is 9.11. The highest BCUT2D eigenvalue weighted by Crippen LogP contribution is 2.31. The summed E-state index contributed by atoms with van der Waals surface area (Å²) in [5.74, 6) is -1.83. The second-order valence-corrected chi connectivity index (χ2v) is 12.3. The van der Waals surface area contributed by atoms with E-state index in [-0.39, 0.29) is 35.5 Å². The standard InChI is InChI=1S/C31H54N2O5/c1-22-12-7-4-5-9-16-28(17-10-6-8-13-22)33-30(36)26-19-18-24(23(2)34)20-25(29(35)32-3)14-11-15-27(21-26)31(37)38/h22,24-28H,4-21H2,1-3H3,(H,32,35)(H,33,36)(H,37,38). The molecule has 6 atom stereocenters. The Morgan fingerprint density at radius 1 is 0.605 bits per heavy atom. The fraction of sp³-hybridized carbons (Fsp3) is 0.871. The first-order valence-electron chi connectivity index (χ1n) is 15.5. The molecule has 2 aliphatic rings. The Morgan fingerprint density at radius 2 is 1.11 bits per heavy atom. The lowest BCUT2D eigenvalue weighted by Crippen LogP contribution is -2.40. The zero-order valence-electron chi connectivity index (χ0n) is 24.3. The summed E-state index contributed by atoms with van der Waals surface area (Å²) in [5.41, 5.74) is 0. The van der Waals surface area contributed by atoms with E-state index in [1.807, 2.05) is 0 Å². The van der Waals surface area contributed by atoms with Crippen LogP contribution in [0.2, 0.25) is 0 Å². The number of aliphatic carboxylic acids is 1. The first-order valence-corrected chi connectivity index (χ1v) is 15.5. The van der Waals surface area contributed by atoms with Crippen LogP contribution in [0.15, 0.2) is 0 Å². The normalized spacial score (nSPS) is 31.2. The molecule has 2 aliphatic carbocycles. The second kappa shape index (κ2) is 17.6. The van der Waals surface area contributed by atoms with Gasteiger partial charge in [-0.3, -0.25) is 19.2 Å². The van der Waals surface area contributed by atoms with Gasteiger partial charge in [0.25, 0.3) is 0 Å². The molecular formula is C31H54N2O5. The van der Waals surface area contributed by atoms with E-state index >= 15 is 0 Å². The van der Waals surface area contributed by atoms with Gasteiger partial charge in [0.15, 0.2) is 0 Å². The summed E-state index contributed by atoms with van der Waals surface area (Å²) in [6.45, 7) is 3.93. The summed E-state index contributed by atoms with van der Waals surface area (Å²) >= 11 is 0. The van der Waals surface area contributed by atoms with Crippen molar-refractivity contribution in [1.29, 1.82) is 0 Å². The van der Waals surface area contributed by atoms with Gasteiger partial charge in [0, 0.05) is 30.8 Å². The highest BCUT2D eigenvalue weighted by molar-refractivity contribution is 5.82. The zero-order valence-corrected chi connectivity index (χ0v) is 24.3. The molecule has 218 valence electrons. The molecule has 3 N–H and O–H groups in total. The molecule has 38 heavy (non-hydrogen) atoms. The lowest BCUT2D eigenvalue weighted by Gasteiger charge is -2.26. The van der Waals surface area contributed by atoms with Crippen LogP contribution in [0.25, 0.3) is 0 Å². The lowest BCUT2D eigenvalue weighted by atomic mass is 9.83. The maximum absolute atomic E-state index is 13.6. The number of hydrogen-bond donors (Lipinski definition) is 3. The van der Waals surface area contributed by atoms with Gasteiger partial charge in [-0.1, -0.05) is 71.1 Å². The van der Waals surface area contributed by atoms with Crippen LogP contribution in [0.3, 0.4) is 0 Å². The fourth-order valence-electron chi connectivity index (χ4n) is 6.49. The van der Waals surface area contributed by atoms with Crippen molar-refractivity contribution in [2.24, 2.45) is 29.6 Å². The molecule has 7 heteroatoms. The number of amides is 2. The van der Waals surface area contributed by atoms with Crippen molar-refractivity contribution in [1.82, 2.24) is 10.6 Å². The topological polar surface area (TPSA) is 113 Å². The number of rotatable bonds is 5. The number of carboxylic acids is 1. The van der Waals surface area contributed by atoms with Gasteiger partial charge in [-0.2, -0.15) is 0 Å². The lowest BCUT2D eigenvalue weighted by molar-refractivity contribution is -0.143. The number of nitrogens with one attached hydrogen (secondary N) is 2. The minimum atomic E-state index is -0.877. The quantitative estimate of drug-likeness (QED) is 0.398. The smallest absolute Gasteiger partial charge is 0.306 e. The van der Waals surface area contributed by atoms with E-state index in [0.717, 1.165) is 31.6 Å². The summed E-state index contributed by atoms with van der Waals surface area (Å²) in [5, 5.41) is 15.9. The van der Waals surface area contributed by atoms with Crippen molar-refractivity contribution in [3.05, 3.63) is 0 Å². The summed E-state index contributed by atoms with van der Waals surface area (Å²) in [7, 11) is 1.60. The molecular weight excluding hydrogens is 480 g/mol. The van der Waals surface area contributed by atoms with E-state index in [2.05, 4.69) is 17.6 Å². The van der Waals surface area contributed by atoms with Crippen LogP contribution in [0.1, 0.15) is 129 Å². The Labute approximate surface area is 230 Å². The average molecular weight is 535 g/mol. The summed E-state index contributed by atoms with van der Waals surface area (Å²) < 4.78 is 0. The largest absolute Gasteiger partial charge is 0.481 e. The van der Waals surface area contributed by atoms with E-state index < -0.39 is 17.8 Å². The molecule has 7 nitrogen and oxygen atoms in total. The molecule has 0 aromatic heterocycles. The molecule has 0 saturated heterocycles. The number of carbonyl (C=O) groups is 4. The van der Waals surface area contributed by atoms with Gasteiger partial charge in [-0.05, 0) is 64.2 Å². The Kier molecular flexibility index (Phi) is 15.0. The minimum Gasteiger partial charge on any atom is -0.481 e. The maximum atomic E-state index is 13.6. The van der Waals surface area contributed by atoms with Gasteiger partial charge in [-0.15, -0.1) is 0 Å². The van der Waals surface area contributed by atoms with Gasteiger partial charge in [0.05, 0.1) is 5.92 Å². The first kappa shape index (κ1) is 32.3. The van der Waals surface area contributed by atoms with Gasteiger partial charge < -0.3 is 15.7 Å². The van der Waals surface area contributed by atoms with Crippen LogP contribution in [-0.4, -0.2) is 41.8 Å². The van der Waals surface area contributed by atoms with Gasteiger partial charge >= 0.3 is 5.97 Å². The highest BCUT2D eigenvalue weighted by atomic mass is 16.4. The molecule has 2 rings (SSSR count). The Bertz CT molecular complexity index is 755. The molecule has 2 amide bonds. The van der Waals surface area contributed by atoms with E-state index in [1.165, 1.54) is 44.9 Å². The number of ketones is 1. The van der Waals surface area contributed by atoms with Gasteiger partial charge in [-0.25, -0.2) is 0 Å². The van der Waals surface area contributed by atoms with E-state index in [9.17, 15) is 24.3 Å². The predicted octanol–water partition coefficient (Wildman–Crippen LogP) is 6.04. The third-order valence-corrected chi connectivity index (χ3v) is 9.11. The van der Waals surface area contributed by atoms with Gasteiger partial charge in [0.1, 0.15) is 5.78 Å². The summed E-state index contributed by atoms with van der Waals surface area (Å²) in [6, 6.07) is 0.128. The molecule has 0 aliphatic heterocycles. The second-order valence-electron chi connectivity index (χ2n) is 12.3. The Balaban J connectivity index is 2.12. The molecule has 0 aromatic carbocycles. The number of carboxylic acid groups (broad SMARTS) is 1. The average Bonchev–Trinajstić information content (AvgIpc) is 2.90. The van der Waals surface area contributed by atoms with Crippen LogP contribution < -0.4 is 10.6 Å². The zero-order chi connectivity index (χ0) is 27.9. The van der Waals surface area contributed by atoms with Crippen LogP contribution in [0.5, 0.6) is 0 Å². The molecule has 0 spiro atoms. The minimum absolute atomic E-state index is 0.0386. The third kappa shape index (κ3) is 11.9. The van der Waals surface area contributed by atoms with Crippen LogP contribution >= 0.6 is 0 Å². The maximum Gasteiger partial charge on any atom is 0.306 e. The highest BCUT2D eigenvalue weighted by Gasteiger charge is 2.32. The van der Waals surface area contributed by atoms with Crippen molar-refractivity contribution in [3.63, 3.8) is 0 Å². The number of carbonyl (C=O) groups excluding carboxylic acids is 3. The molecule has 6 unspecified atom stereocenters.